The lowest BCUT2D eigenvalue weighted by molar-refractivity contribution is -0.140. The minimum atomic E-state index is -0.682. The third-order valence-corrected chi connectivity index (χ3v) is 10.4. The molecule has 4 heterocycles. The Labute approximate surface area is 279 Å². The maximum Gasteiger partial charge on any atom is 0.243 e. The van der Waals surface area contributed by atoms with Gasteiger partial charge in [0, 0.05) is 49.7 Å². The van der Waals surface area contributed by atoms with E-state index in [1.165, 1.54) is 11.3 Å². The molecule has 3 N–H and O–H groups in total. The maximum absolute atomic E-state index is 13.8. The summed E-state index contributed by atoms with van der Waals surface area (Å²) < 4.78 is 10.9. The largest absolute Gasteiger partial charge is 0.497 e. The summed E-state index contributed by atoms with van der Waals surface area (Å²) in [5, 5.41) is 11.9. The molecule has 2 aromatic carbocycles. The van der Waals surface area contributed by atoms with E-state index in [2.05, 4.69) is 38.0 Å². The van der Waals surface area contributed by atoms with Crippen molar-refractivity contribution in [3.8, 4) is 17.0 Å². The standard InChI is InChI=1S/C36H43N5O5S/c1-45-28-12-10-26(11-13-28)31-24-47-35(39-31)40-32(42)23-41-18-14-29-27(22-41)9-5-6-15-36(16-19-46-20-17-36)34(44)38-30(33(43)37-29)21-25-7-3-2-4-8-25/h2-8,10-13,24,27,29-30H,9,14-23H2,1H3,(H,37,43)(H,38,44)(H,39,40,42)/t27-,29+,30-/m1/s1. The second-order valence-electron chi connectivity index (χ2n) is 12.7. The molecule has 3 aromatic rings. The van der Waals surface area contributed by atoms with E-state index in [-0.39, 0.29) is 36.2 Å². The number of nitrogens with one attached hydrogen (secondary N) is 3. The monoisotopic (exact) mass is 657 g/mol. The van der Waals surface area contributed by atoms with Crippen molar-refractivity contribution in [1.29, 1.82) is 0 Å². The first-order valence-corrected chi connectivity index (χ1v) is 17.3. The van der Waals surface area contributed by atoms with E-state index in [0.29, 0.717) is 63.5 Å². The van der Waals surface area contributed by atoms with Crippen LogP contribution >= 0.6 is 11.3 Å². The molecular weight excluding hydrogens is 614 g/mol. The van der Waals surface area contributed by atoms with E-state index in [9.17, 15) is 14.4 Å². The van der Waals surface area contributed by atoms with E-state index in [1.54, 1.807) is 7.11 Å². The molecule has 248 valence electrons. The first kappa shape index (κ1) is 32.9. The van der Waals surface area contributed by atoms with Crippen LogP contribution in [0.4, 0.5) is 5.13 Å². The number of rotatable bonds is 7. The molecule has 0 saturated carbocycles. The van der Waals surface area contributed by atoms with Gasteiger partial charge >= 0.3 is 0 Å². The third kappa shape index (κ3) is 8.27. The molecule has 0 bridgehead atoms. The zero-order valence-corrected chi connectivity index (χ0v) is 27.6. The lowest BCUT2D eigenvalue weighted by Crippen LogP contribution is -2.58. The minimum absolute atomic E-state index is 0.0656. The molecule has 3 atom stereocenters. The van der Waals surface area contributed by atoms with Gasteiger partial charge in [0.25, 0.3) is 0 Å². The van der Waals surface area contributed by atoms with E-state index in [1.807, 2.05) is 60.0 Å². The van der Waals surface area contributed by atoms with Gasteiger partial charge in [-0.1, -0.05) is 42.5 Å². The van der Waals surface area contributed by atoms with Crippen LogP contribution in [0.3, 0.4) is 0 Å². The predicted octanol–water partition coefficient (Wildman–Crippen LogP) is 4.44. The van der Waals surface area contributed by atoms with Gasteiger partial charge in [-0.2, -0.15) is 0 Å². The normalized spacial score (nSPS) is 23.5. The summed E-state index contributed by atoms with van der Waals surface area (Å²) in [6.07, 6.45) is 8.02. The van der Waals surface area contributed by atoms with Gasteiger partial charge in [-0.15, -0.1) is 11.3 Å². The number of carbonyl (C=O) groups excluding carboxylic acids is 3. The Morgan fingerprint density at radius 3 is 2.64 bits per heavy atom. The fourth-order valence-electron chi connectivity index (χ4n) is 6.79. The summed E-state index contributed by atoms with van der Waals surface area (Å²) in [5.74, 6) is 0.553. The van der Waals surface area contributed by atoms with Crippen LogP contribution < -0.4 is 20.7 Å². The second-order valence-corrected chi connectivity index (χ2v) is 13.6. The van der Waals surface area contributed by atoms with Crippen LogP contribution in [0.25, 0.3) is 11.3 Å². The Morgan fingerprint density at radius 2 is 1.87 bits per heavy atom. The number of likely N-dealkylation sites (tertiary alicyclic amines) is 1. The average molecular weight is 658 g/mol. The van der Waals surface area contributed by atoms with Gasteiger partial charge in [-0.25, -0.2) is 4.98 Å². The number of fused-ring (bicyclic) bond motifs is 1. The second kappa shape index (κ2) is 15.2. The predicted molar refractivity (Wildman–Crippen MR) is 182 cm³/mol. The number of methoxy groups -OCH3 is 1. The molecule has 6 rings (SSSR count). The van der Waals surface area contributed by atoms with Crippen molar-refractivity contribution in [3.63, 3.8) is 0 Å². The van der Waals surface area contributed by atoms with Gasteiger partial charge in [-0.05, 0) is 67.9 Å². The molecular formula is C36H43N5O5S. The Morgan fingerprint density at radius 1 is 1.09 bits per heavy atom. The average Bonchev–Trinajstić information content (AvgIpc) is 3.56. The molecule has 3 aliphatic rings. The van der Waals surface area contributed by atoms with Gasteiger partial charge in [0.1, 0.15) is 11.8 Å². The highest BCUT2D eigenvalue weighted by atomic mass is 32.1. The van der Waals surface area contributed by atoms with Crippen molar-refractivity contribution in [2.45, 2.75) is 50.6 Å². The van der Waals surface area contributed by atoms with Gasteiger partial charge in [0.15, 0.2) is 5.13 Å². The molecule has 1 aromatic heterocycles. The number of amides is 3. The highest BCUT2D eigenvalue weighted by Gasteiger charge is 2.41. The number of ether oxygens (including phenoxy) is 2. The van der Waals surface area contributed by atoms with Crippen LogP contribution in [0.2, 0.25) is 0 Å². The molecule has 47 heavy (non-hydrogen) atoms. The van der Waals surface area contributed by atoms with E-state index < -0.39 is 11.5 Å². The van der Waals surface area contributed by atoms with Crippen LogP contribution in [0.15, 0.2) is 72.1 Å². The summed E-state index contributed by atoms with van der Waals surface area (Å²) in [7, 11) is 1.63. The molecule has 3 aliphatic heterocycles. The van der Waals surface area contributed by atoms with Crippen molar-refractivity contribution in [3.05, 3.63) is 77.7 Å². The van der Waals surface area contributed by atoms with Crippen molar-refractivity contribution in [2.24, 2.45) is 11.3 Å². The summed E-state index contributed by atoms with van der Waals surface area (Å²) in [5.41, 5.74) is 2.15. The zero-order chi connectivity index (χ0) is 32.6. The summed E-state index contributed by atoms with van der Waals surface area (Å²) >= 11 is 1.40. The minimum Gasteiger partial charge on any atom is -0.497 e. The van der Waals surface area contributed by atoms with Crippen molar-refractivity contribution >= 4 is 34.2 Å². The SMILES string of the molecule is COc1ccc(-c2csc(NC(=O)CN3CC[C@@H]4NC(=O)[C@@H](Cc5ccccc5)NC(=O)C5(CC=CC[C@@H]4C3)CCOCC5)n2)cc1. The van der Waals surface area contributed by atoms with Crippen molar-refractivity contribution < 1.29 is 23.9 Å². The third-order valence-electron chi connectivity index (χ3n) is 9.60. The molecule has 2 saturated heterocycles. The molecule has 1 spiro atoms. The number of hydrogen-bond donors (Lipinski definition) is 3. The van der Waals surface area contributed by atoms with Crippen LogP contribution in [-0.4, -0.2) is 79.6 Å². The zero-order valence-electron chi connectivity index (χ0n) is 26.8. The highest BCUT2D eigenvalue weighted by molar-refractivity contribution is 7.14. The number of carbonyl (C=O) groups is 3. The fourth-order valence-corrected chi connectivity index (χ4v) is 7.52. The topological polar surface area (TPSA) is 122 Å². The summed E-state index contributed by atoms with van der Waals surface area (Å²) in [4.78, 5) is 47.5. The van der Waals surface area contributed by atoms with E-state index in [0.717, 1.165) is 29.0 Å². The number of thiazole rings is 1. The number of benzene rings is 2. The molecule has 0 aliphatic carbocycles. The smallest absolute Gasteiger partial charge is 0.243 e. The lowest BCUT2D eigenvalue weighted by Gasteiger charge is -2.40. The number of nitrogens with zero attached hydrogens (tertiary/aromatic N) is 2. The van der Waals surface area contributed by atoms with E-state index in [4.69, 9.17) is 9.47 Å². The molecule has 3 amide bonds. The summed E-state index contributed by atoms with van der Waals surface area (Å²) in [6.45, 7) is 2.65. The number of allylic oxidation sites excluding steroid dienone is 2. The first-order valence-electron chi connectivity index (χ1n) is 16.4. The van der Waals surface area contributed by atoms with Gasteiger partial charge in [0.05, 0.1) is 24.8 Å². The fraction of sp³-hybridized carbons (Fsp3) is 0.444. The van der Waals surface area contributed by atoms with Crippen LogP contribution in [0, 0.1) is 11.3 Å². The highest BCUT2D eigenvalue weighted by Crippen LogP contribution is 2.36. The van der Waals surface area contributed by atoms with Crippen LogP contribution in [0.5, 0.6) is 5.75 Å². The molecule has 0 radical (unpaired) electrons. The quantitative estimate of drug-likeness (QED) is 0.322. The number of anilines is 1. The first-order chi connectivity index (χ1) is 22.9. The Hall–Kier alpha value is -4.06. The molecule has 2 fully saturated rings. The lowest BCUT2D eigenvalue weighted by atomic mass is 9.75. The van der Waals surface area contributed by atoms with Crippen LogP contribution in [-0.2, 0) is 25.5 Å². The number of piperidine rings is 1. The number of aromatic nitrogens is 1. The molecule has 0 unspecified atom stereocenters. The van der Waals surface area contributed by atoms with E-state index >= 15 is 0 Å². The van der Waals surface area contributed by atoms with Gasteiger partial charge in [-0.3, -0.25) is 19.3 Å². The van der Waals surface area contributed by atoms with Gasteiger partial charge < -0.3 is 25.4 Å². The number of hydrogen-bond acceptors (Lipinski definition) is 8. The Kier molecular flexibility index (Phi) is 10.6. The van der Waals surface area contributed by atoms with Crippen LogP contribution in [0.1, 0.15) is 37.7 Å². The Bertz CT molecular complexity index is 1550. The maximum atomic E-state index is 13.8. The summed E-state index contributed by atoms with van der Waals surface area (Å²) in [6, 6.07) is 16.7. The van der Waals surface area contributed by atoms with Crippen molar-refractivity contribution in [1.82, 2.24) is 20.5 Å². The molecule has 11 heteroatoms. The Balaban J connectivity index is 1.12. The molecule has 10 nitrogen and oxygen atoms in total. The van der Waals surface area contributed by atoms with Crippen molar-refractivity contribution in [2.75, 3.05) is 45.3 Å². The van der Waals surface area contributed by atoms with Gasteiger partial charge in [0.2, 0.25) is 17.7 Å².